The van der Waals surface area contributed by atoms with Crippen LogP contribution in [0.5, 0.6) is 0 Å². The van der Waals surface area contributed by atoms with Crippen LogP contribution in [-0.4, -0.2) is 29.9 Å². The molecule has 2 atom stereocenters. The van der Waals surface area contributed by atoms with Crippen LogP contribution in [0.3, 0.4) is 0 Å². The first-order chi connectivity index (χ1) is 9.45. The Balaban J connectivity index is 2.24. The summed E-state index contributed by atoms with van der Waals surface area (Å²) in [6, 6.07) is 9.95. The monoisotopic (exact) mass is 275 g/mol. The smallest absolute Gasteiger partial charge is 0.243 e. The molecule has 1 saturated heterocycles. The number of primary amides is 1. The number of rotatable bonds is 5. The number of amides is 1. The number of nitrogens with two attached hydrogens (primary N) is 2. The fraction of sp³-hybridized carbons (Fsp3) is 0.562. The fourth-order valence-electron chi connectivity index (χ4n) is 3.17. The van der Waals surface area contributed by atoms with Crippen LogP contribution in [0, 0.1) is 5.92 Å². The van der Waals surface area contributed by atoms with Crippen molar-refractivity contribution in [3.63, 3.8) is 0 Å². The third-order valence-electron chi connectivity index (χ3n) is 4.36. The topological polar surface area (TPSA) is 72.3 Å². The maximum Gasteiger partial charge on any atom is 0.243 e. The lowest BCUT2D eigenvalue weighted by molar-refractivity contribution is -0.124. The lowest BCUT2D eigenvalue weighted by atomic mass is 9.88. The number of benzene rings is 1. The van der Waals surface area contributed by atoms with E-state index in [2.05, 4.69) is 18.7 Å². The second-order valence-corrected chi connectivity index (χ2v) is 6.13. The molecule has 1 aromatic carbocycles. The number of carbonyl (C=O) groups is 1. The Morgan fingerprint density at radius 3 is 2.60 bits per heavy atom. The summed E-state index contributed by atoms with van der Waals surface area (Å²) < 4.78 is 0. The van der Waals surface area contributed by atoms with Gasteiger partial charge in [0.2, 0.25) is 5.91 Å². The predicted molar refractivity (Wildman–Crippen MR) is 80.9 cm³/mol. The van der Waals surface area contributed by atoms with Crippen molar-refractivity contribution in [1.82, 2.24) is 4.90 Å². The van der Waals surface area contributed by atoms with Gasteiger partial charge in [0, 0.05) is 12.6 Å². The largest absolute Gasteiger partial charge is 0.368 e. The van der Waals surface area contributed by atoms with Crippen LogP contribution >= 0.6 is 0 Å². The Hall–Kier alpha value is -1.39. The normalized spacial score (nSPS) is 22.9. The number of carbonyl (C=O) groups excluding carboxylic acids is 1. The van der Waals surface area contributed by atoms with Gasteiger partial charge in [-0.3, -0.25) is 9.69 Å². The maximum atomic E-state index is 12.0. The molecule has 1 heterocycles. The highest BCUT2D eigenvalue weighted by molar-refractivity contribution is 5.86. The van der Waals surface area contributed by atoms with Gasteiger partial charge in [0.1, 0.15) is 5.54 Å². The van der Waals surface area contributed by atoms with Crippen molar-refractivity contribution in [2.24, 2.45) is 17.4 Å². The summed E-state index contributed by atoms with van der Waals surface area (Å²) in [5.74, 6) is 0.100. The Morgan fingerprint density at radius 2 is 2.05 bits per heavy atom. The molecule has 4 N–H and O–H groups in total. The molecule has 0 bridgehead atoms. The molecule has 2 rings (SSSR count). The first kappa shape index (κ1) is 15.0. The molecule has 4 nitrogen and oxygen atoms in total. The molecule has 2 unspecified atom stereocenters. The summed E-state index contributed by atoms with van der Waals surface area (Å²) in [7, 11) is 0. The van der Waals surface area contributed by atoms with E-state index in [0.29, 0.717) is 18.5 Å². The molecular weight excluding hydrogens is 250 g/mol. The van der Waals surface area contributed by atoms with Crippen molar-refractivity contribution in [3.05, 3.63) is 35.9 Å². The van der Waals surface area contributed by atoms with Gasteiger partial charge in [-0.2, -0.15) is 0 Å². The molecule has 0 saturated carbocycles. The van der Waals surface area contributed by atoms with E-state index in [9.17, 15) is 4.79 Å². The highest BCUT2D eigenvalue weighted by Gasteiger charge is 2.39. The number of nitrogens with zero attached hydrogens (tertiary/aromatic N) is 1. The van der Waals surface area contributed by atoms with Crippen LogP contribution < -0.4 is 11.5 Å². The van der Waals surface area contributed by atoms with E-state index in [1.54, 1.807) is 0 Å². The molecular formula is C16H25N3O. The Labute approximate surface area is 121 Å². The summed E-state index contributed by atoms with van der Waals surface area (Å²) in [4.78, 5) is 14.3. The zero-order valence-corrected chi connectivity index (χ0v) is 12.4. The molecule has 0 aromatic heterocycles. The minimum Gasteiger partial charge on any atom is -0.368 e. The van der Waals surface area contributed by atoms with Crippen LogP contribution in [0.1, 0.15) is 32.3 Å². The molecule has 1 aliphatic heterocycles. The molecule has 1 fully saturated rings. The van der Waals surface area contributed by atoms with Crippen molar-refractivity contribution < 1.29 is 4.79 Å². The van der Waals surface area contributed by atoms with Gasteiger partial charge in [-0.1, -0.05) is 44.2 Å². The predicted octanol–water partition coefficient (Wildman–Crippen LogP) is 1.45. The molecule has 1 aromatic rings. The lowest BCUT2D eigenvalue weighted by Gasteiger charge is -2.35. The van der Waals surface area contributed by atoms with E-state index in [4.69, 9.17) is 11.5 Å². The second kappa shape index (κ2) is 5.94. The molecule has 1 aliphatic rings. The van der Waals surface area contributed by atoms with Crippen LogP contribution in [0.15, 0.2) is 30.3 Å². The van der Waals surface area contributed by atoms with Crippen molar-refractivity contribution in [2.45, 2.75) is 38.3 Å². The van der Waals surface area contributed by atoms with Crippen LogP contribution in [0.2, 0.25) is 0 Å². The summed E-state index contributed by atoms with van der Waals surface area (Å²) in [5.41, 5.74) is 11.7. The molecule has 110 valence electrons. The summed E-state index contributed by atoms with van der Waals surface area (Å²) >= 11 is 0. The van der Waals surface area contributed by atoms with Crippen molar-refractivity contribution >= 4 is 5.91 Å². The minimum absolute atomic E-state index is 0.460. The standard InChI is InChI=1S/C16H25N3O/c1-12(2)14-9-6-10-19(14)11-16(18,15(17)20)13-7-4-3-5-8-13/h3-5,7-8,12,14H,6,9-11,18H2,1-2H3,(H2,17,20). The molecule has 0 radical (unpaired) electrons. The minimum atomic E-state index is -1.11. The summed E-state index contributed by atoms with van der Waals surface area (Å²) in [6.45, 7) is 5.92. The molecule has 1 amide bonds. The lowest BCUT2D eigenvalue weighted by Crippen LogP contribution is -2.57. The SMILES string of the molecule is CC(C)C1CCCN1CC(N)(C(N)=O)c1ccccc1. The van der Waals surface area contributed by atoms with E-state index in [1.807, 2.05) is 30.3 Å². The zero-order chi connectivity index (χ0) is 14.8. The van der Waals surface area contributed by atoms with Crippen LogP contribution in [0.4, 0.5) is 0 Å². The van der Waals surface area contributed by atoms with Gasteiger partial charge >= 0.3 is 0 Å². The second-order valence-electron chi connectivity index (χ2n) is 6.13. The maximum absolute atomic E-state index is 12.0. The molecule has 20 heavy (non-hydrogen) atoms. The van der Waals surface area contributed by atoms with Crippen molar-refractivity contribution in [2.75, 3.05) is 13.1 Å². The average molecular weight is 275 g/mol. The van der Waals surface area contributed by atoms with Crippen LogP contribution in [0.25, 0.3) is 0 Å². The van der Waals surface area contributed by atoms with E-state index >= 15 is 0 Å². The number of hydrogen-bond donors (Lipinski definition) is 2. The van der Waals surface area contributed by atoms with Gasteiger partial charge in [0.15, 0.2) is 0 Å². The Kier molecular flexibility index (Phi) is 4.45. The summed E-state index contributed by atoms with van der Waals surface area (Å²) in [5, 5.41) is 0. The van der Waals surface area contributed by atoms with Gasteiger partial charge in [-0.25, -0.2) is 0 Å². The van der Waals surface area contributed by atoms with Gasteiger partial charge in [-0.15, -0.1) is 0 Å². The zero-order valence-electron chi connectivity index (χ0n) is 12.4. The number of hydrogen-bond acceptors (Lipinski definition) is 3. The van der Waals surface area contributed by atoms with Gasteiger partial charge in [0.05, 0.1) is 0 Å². The Morgan fingerprint density at radius 1 is 1.40 bits per heavy atom. The molecule has 4 heteroatoms. The first-order valence-corrected chi connectivity index (χ1v) is 7.33. The highest BCUT2D eigenvalue weighted by atomic mass is 16.1. The van der Waals surface area contributed by atoms with E-state index < -0.39 is 11.4 Å². The highest BCUT2D eigenvalue weighted by Crippen LogP contribution is 2.28. The van der Waals surface area contributed by atoms with Crippen LogP contribution in [-0.2, 0) is 10.3 Å². The fourth-order valence-corrected chi connectivity index (χ4v) is 3.17. The van der Waals surface area contributed by atoms with E-state index in [1.165, 1.54) is 6.42 Å². The number of likely N-dealkylation sites (tertiary alicyclic amines) is 1. The van der Waals surface area contributed by atoms with Gasteiger partial charge in [-0.05, 0) is 30.9 Å². The molecule has 0 spiro atoms. The van der Waals surface area contributed by atoms with E-state index in [0.717, 1.165) is 18.5 Å². The first-order valence-electron chi connectivity index (χ1n) is 7.33. The average Bonchev–Trinajstić information content (AvgIpc) is 2.87. The Bertz CT molecular complexity index is 460. The van der Waals surface area contributed by atoms with Crippen molar-refractivity contribution in [1.29, 1.82) is 0 Å². The van der Waals surface area contributed by atoms with E-state index in [-0.39, 0.29) is 0 Å². The third kappa shape index (κ3) is 2.86. The van der Waals surface area contributed by atoms with Crippen molar-refractivity contribution in [3.8, 4) is 0 Å². The van der Waals surface area contributed by atoms with Gasteiger partial charge < -0.3 is 11.5 Å². The quantitative estimate of drug-likeness (QED) is 0.854. The third-order valence-corrected chi connectivity index (χ3v) is 4.36. The molecule has 0 aliphatic carbocycles. The van der Waals surface area contributed by atoms with Gasteiger partial charge in [0.25, 0.3) is 0 Å². The summed E-state index contributed by atoms with van der Waals surface area (Å²) in [6.07, 6.45) is 2.33.